The van der Waals surface area contributed by atoms with Gasteiger partial charge >= 0.3 is 0 Å². The minimum Gasteiger partial charge on any atom is -0.352 e. The maximum Gasteiger partial charge on any atom is 0.180 e. The summed E-state index contributed by atoms with van der Waals surface area (Å²) >= 11 is 0. The monoisotopic (exact) mass is 469 g/mol. The first-order valence-corrected chi connectivity index (χ1v) is 12.3. The Morgan fingerprint density at radius 2 is 1.42 bits per heavy atom. The Hall–Kier alpha value is -4.31. The van der Waals surface area contributed by atoms with Gasteiger partial charge in [0.2, 0.25) is 0 Å². The van der Waals surface area contributed by atoms with Crippen molar-refractivity contribution in [3.05, 3.63) is 119 Å². The van der Waals surface area contributed by atoms with Crippen molar-refractivity contribution in [2.75, 3.05) is 4.90 Å². The molecule has 0 aromatic heterocycles. The Labute approximate surface area is 208 Å². The second-order valence-corrected chi connectivity index (χ2v) is 9.95. The minimum absolute atomic E-state index is 0.0586. The summed E-state index contributed by atoms with van der Waals surface area (Å²) < 4.78 is 0. The van der Waals surface area contributed by atoms with Crippen molar-refractivity contribution in [3.8, 4) is 0 Å². The van der Waals surface area contributed by atoms with Gasteiger partial charge in [-0.1, -0.05) is 97.1 Å². The van der Waals surface area contributed by atoms with E-state index in [1.54, 1.807) is 31.2 Å². The number of carbonyl (C=O) groups is 3. The van der Waals surface area contributed by atoms with E-state index in [0.717, 1.165) is 27.6 Å². The van der Waals surface area contributed by atoms with Gasteiger partial charge in [-0.15, -0.1) is 0 Å². The fraction of sp³-hybridized carbons (Fsp3) is 0.156. The van der Waals surface area contributed by atoms with E-state index >= 15 is 0 Å². The van der Waals surface area contributed by atoms with Crippen LogP contribution >= 0.6 is 0 Å². The van der Waals surface area contributed by atoms with E-state index in [1.165, 1.54) is 0 Å². The predicted octanol–water partition coefficient (Wildman–Crippen LogP) is 5.86. The average Bonchev–Trinajstić information content (AvgIpc) is 3.35. The molecule has 1 aliphatic carbocycles. The summed E-state index contributed by atoms with van der Waals surface area (Å²) in [6.07, 6.45) is 4.02. The van der Waals surface area contributed by atoms with Crippen LogP contribution in [0.5, 0.6) is 0 Å². The molecule has 36 heavy (non-hydrogen) atoms. The van der Waals surface area contributed by atoms with Crippen LogP contribution < -0.4 is 4.90 Å². The van der Waals surface area contributed by atoms with Gasteiger partial charge < -0.3 is 4.90 Å². The van der Waals surface area contributed by atoms with E-state index in [2.05, 4.69) is 23.1 Å². The van der Waals surface area contributed by atoms with Crippen molar-refractivity contribution in [3.63, 3.8) is 0 Å². The minimum atomic E-state index is -1.42. The van der Waals surface area contributed by atoms with Gasteiger partial charge in [0.1, 0.15) is 5.41 Å². The Kier molecular flexibility index (Phi) is 4.29. The molecule has 0 amide bonds. The molecule has 0 unspecified atom stereocenters. The lowest BCUT2D eigenvalue weighted by molar-refractivity contribution is -0.118. The van der Waals surface area contributed by atoms with Crippen LogP contribution in [0.3, 0.4) is 0 Å². The fourth-order valence-electron chi connectivity index (χ4n) is 6.92. The molecule has 0 bridgehead atoms. The molecular formula is C32H23NO3. The van der Waals surface area contributed by atoms with Crippen molar-refractivity contribution in [1.29, 1.82) is 0 Å². The van der Waals surface area contributed by atoms with Crippen molar-refractivity contribution in [2.45, 2.75) is 24.9 Å². The zero-order valence-corrected chi connectivity index (χ0v) is 19.7. The summed E-state index contributed by atoms with van der Waals surface area (Å²) in [6, 6.07) is 27.7. The molecule has 3 aliphatic rings. The quantitative estimate of drug-likeness (QED) is 0.345. The third-order valence-corrected chi connectivity index (χ3v) is 8.29. The van der Waals surface area contributed by atoms with Gasteiger partial charge in [-0.25, -0.2) is 0 Å². The second-order valence-electron chi connectivity index (χ2n) is 9.95. The van der Waals surface area contributed by atoms with Crippen molar-refractivity contribution in [1.82, 2.24) is 0 Å². The van der Waals surface area contributed by atoms with Gasteiger partial charge in [-0.05, 0) is 29.3 Å². The largest absolute Gasteiger partial charge is 0.352 e. The summed E-state index contributed by atoms with van der Waals surface area (Å²) in [6.45, 7) is 1.58. The van der Waals surface area contributed by atoms with Crippen LogP contribution in [0, 0.1) is 5.41 Å². The number of Topliss-reactive ketones (excluding diaryl/α,β-unsaturated/α-hetero) is 3. The molecule has 2 heterocycles. The summed E-state index contributed by atoms with van der Waals surface area (Å²) in [5.74, 6) is -1.05. The lowest BCUT2D eigenvalue weighted by atomic mass is 9.64. The van der Waals surface area contributed by atoms with Crippen LogP contribution in [-0.2, 0) is 4.79 Å². The van der Waals surface area contributed by atoms with Gasteiger partial charge in [-0.2, -0.15) is 0 Å². The number of rotatable bonds is 2. The van der Waals surface area contributed by atoms with Crippen LogP contribution in [0.2, 0.25) is 0 Å². The lowest BCUT2D eigenvalue weighted by Crippen LogP contribution is -2.48. The zero-order chi connectivity index (χ0) is 24.6. The maximum absolute atomic E-state index is 14.4. The summed E-state index contributed by atoms with van der Waals surface area (Å²) in [5.41, 5.74) is 2.21. The molecule has 2 aliphatic heterocycles. The van der Waals surface area contributed by atoms with Crippen LogP contribution in [0.15, 0.2) is 97.1 Å². The zero-order valence-electron chi connectivity index (χ0n) is 19.7. The second kappa shape index (κ2) is 7.34. The highest BCUT2D eigenvalue weighted by Crippen LogP contribution is 2.60. The third-order valence-electron chi connectivity index (χ3n) is 8.29. The van der Waals surface area contributed by atoms with E-state index in [9.17, 15) is 14.4 Å². The van der Waals surface area contributed by atoms with E-state index in [1.807, 2.05) is 60.7 Å². The first kappa shape index (κ1) is 21.0. The molecule has 0 saturated carbocycles. The van der Waals surface area contributed by atoms with Crippen molar-refractivity contribution in [2.24, 2.45) is 5.41 Å². The van der Waals surface area contributed by atoms with Crippen LogP contribution in [0.4, 0.5) is 5.69 Å². The van der Waals surface area contributed by atoms with Gasteiger partial charge in [0.05, 0.1) is 12.1 Å². The summed E-state index contributed by atoms with van der Waals surface area (Å²) in [5, 5.41) is 2.18. The normalized spacial score (nSPS) is 23.1. The molecule has 0 radical (unpaired) electrons. The summed E-state index contributed by atoms with van der Waals surface area (Å²) in [7, 11) is 0. The smallest absolute Gasteiger partial charge is 0.180 e. The number of anilines is 1. The maximum atomic E-state index is 14.4. The van der Waals surface area contributed by atoms with Crippen molar-refractivity contribution >= 4 is 39.9 Å². The number of carbonyl (C=O) groups excluding carboxylic acids is 3. The molecule has 4 nitrogen and oxygen atoms in total. The van der Waals surface area contributed by atoms with E-state index in [-0.39, 0.29) is 17.3 Å². The van der Waals surface area contributed by atoms with Crippen LogP contribution in [-0.4, -0.2) is 29.4 Å². The van der Waals surface area contributed by atoms with E-state index in [0.29, 0.717) is 11.1 Å². The molecular weight excluding hydrogens is 446 g/mol. The molecule has 4 aromatic rings. The standard InChI is InChI=1S/C32H23NO3/c1-19(34)29-28(21-10-3-2-4-11-21)32(30(35)24-13-7-8-14-25(24)31(32)36)27-18-16-23-22-12-6-5-9-20(22)15-17-26(23)33(27)29/h2-18,27-29H,1H3/t27-,28+,29+/m1/s1. The van der Waals surface area contributed by atoms with E-state index < -0.39 is 23.4 Å². The molecule has 0 N–H and O–H groups in total. The van der Waals surface area contributed by atoms with Gasteiger partial charge in [0.25, 0.3) is 0 Å². The number of hydrogen-bond acceptors (Lipinski definition) is 4. The molecule has 3 atom stereocenters. The highest BCUT2D eigenvalue weighted by atomic mass is 16.2. The Bertz CT molecular complexity index is 1600. The fourth-order valence-corrected chi connectivity index (χ4v) is 6.92. The predicted molar refractivity (Wildman–Crippen MR) is 140 cm³/mol. The van der Waals surface area contributed by atoms with Crippen LogP contribution in [0.25, 0.3) is 16.8 Å². The highest BCUT2D eigenvalue weighted by molar-refractivity contribution is 6.32. The van der Waals surface area contributed by atoms with Crippen molar-refractivity contribution < 1.29 is 14.4 Å². The molecule has 1 spiro atoms. The van der Waals surface area contributed by atoms with Crippen LogP contribution in [0.1, 0.15) is 44.7 Å². The topological polar surface area (TPSA) is 54.5 Å². The SMILES string of the molecule is CC(=O)[C@H]1[C@H](c2ccccc2)C2(C(=O)c3ccccc3C2=O)[C@H]2C=Cc3c(ccc4ccccc34)N12. The average molecular weight is 470 g/mol. The summed E-state index contributed by atoms with van der Waals surface area (Å²) in [4.78, 5) is 44.3. The van der Waals surface area contributed by atoms with Gasteiger partial charge in [0, 0.05) is 28.3 Å². The molecule has 1 saturated heterocycles. The number of hydrogen-bond donors (Lipinski definition) is 0. The first-order valence-electron chi connectivity index (χ1n) is 12.3. The van der Waals surface area contributed by atoms with E-state index in [4.69, 9.17) is 0 Å². The Balaban J connectivity index is 1.56. The van der Waals surface area contributed by atoms with Gasteiger partial charge in [-0.3, -0.25) is 14.4 Å². The highest BCUT2D eigenvalue weighted by Gasteiger charge is 2.71. The Morgan fingerprint density at radius 1 is 0.778 bits per heavy atom. The molecule has 174 valence electrons. The number of benzene rings is 4. The molecule has 1 fully saturated rings. The lowest BCUT2D eigenvalue weighted by Gasteiger charge is -2.37. The first-order chi connectivity index (χ1) is 17.5. The number of fused-ring (bicyclic) bond motifs is 7. The van der Waals surface area contributed by atoms with Gasteiger partial charge in [0.15, 0.2) is 17.3 Å². The molecule has 4 aromatic carbocycles. The molecule has 7 rings (SSSR count). The number of nitrogens with zero attached hydrogens (tertiary/aromatic N) is 1. The number of ketones is 3. The Morgan fingerprint density at radius 3 is 2.11 bits per heavy atom. The molecule has 4 heteroatoms. The third kappa shape index (κ3) is 2.46.